The van der Waals surface area contributed by atoms with Gasteiger partial charge < -0.3 is 5.32 Å². The van der Waals surface area contributed by atoms with Crippen LogP contribution in [0.15, 0.2) is 28.1 Å². The number of nitrogens with one attached hydrogen (secondary N) is 1. The molecule has 1 unspecified atom stereocenters. The first-order chi connectivity index (χ1) is 8.58. The third-order valence-electron chi connectivity index (χ3n) is 2.72. The Bertz CT molecular complexity index is 521. The van der Waals surface area contributed by atoms with E-state index in [9.17, 15) is 4.39 Å². The van der Waals surface area contributed by atoms with Crippen molar-refractivity contribution in [3.63, 3.8) is 0 Å². The average Bonchev–Trinajstić information content (AvgIpc) is 2.70. The van der Waals surface area contributed by atoms with Crippen LogP contribution in [0.1, 0.15) is 22.3 Å². The molecule has 0 aliphatic heterocycles. The normalized spacial score (nSPS) is 12.7. The molecule has 1 aromatic heterocycles. The van der Waals surface area contributed by atoms with Gasteiger partial charge in [0.2, 0.25) is 0 Å². The largest absolute Gasteiger partial charge is 0.313 e. The summed E-state index contributed by atoms with van der Waals surface area (Å²) in [6, 6.07) is 5.02. The van der Waals surface area contributed by atoms with E-state index in [0.29, 0.717) is 0 Å². The second kappa shape index (κ2) is 5.91. The van der Waals surface area contributed by atoms with Gasteiger partial charge in [-0.3, -0.25) is 0 Å². The minimum absolute atomic E-state index is 0.0681. The second-order valence-corrected chi connectivity index (χ2v) is 6.08. The first-order valence-electron chi connectivity index (χ1n) is 5.62. The molecular formula is C13H14BrFN2S. The van der Waals surface area contributed by atoms with Gasteiger partial charge in [0, 0.05) is 22.3 Å². The Balaban J connectivity index is 2.22. The summed E-state index contributed by atoms with van der Waals surface area (Å²) in [4.78, 5) is 4.44. The molecule has 0 fully saturated rings. The van der Waals surface area contributed by atoms with E-state index in [-0.39, 0.29) is 11.9 Å². The maximum absolute atomic E-state index is 13.4. The van der Waals surface area contributed by atoms with Crippen molar-refractivity contribution in [3.8, 4) is 0 Å². The summed E-state index contributed by atoms with van der Waals surface area (Å²) in [5, 5.41) is 6.31. The Morgan fingerprint density at radius 1 is 1.44 bits per heavy atom. The van der Waals surface area contributed by atoms with Gasteiger partial charge in [-0.25, -0.2) is 9.37 Å². The van der Waals surface area contributed by atoms with Crippen molar-refractivity contribution >= 4 is 27.3 Å². The first-order valence-corrected chi connectivity index (χ1v) is 7.30. The minimum Gasteiger partial charge on any atom is -0.313 e. The number of aryl methyl sites for hydroxylation is 1. The van der Waals surface area contributed by atoms with Gasteiger partial charge in [0.25, 0.3) is 0 Å². The third kappa shape index (κ3) is 3.37. The van der Waals surface area contributed by atoms with Gasteiger partial charge in [0.1, 0.15) is 5.82 Å². The summed E-state index contributed by atoms with van der Waals surface area (Å²) in [6.45, 7) is 1.99. The van der Waals surface area contributed by atoms with Crippen LogP contribution in [0, 0.1) is 12.7 Å². The van der Waals surface area contributed by atoms with Crippen LogP contribution < -0.4 is 5.32 Å². The molecule has 0 bridgehead atoms. The number of hydrogen-bond donors (Lipinski definition) is 1. The number of nitrogens with zero attached hydrogens (tertiary/aromatic N) is 1. The fraction of sp³-hybridized carbons (Fsp3) is 0.308. The smallest absolute Gasteiger partial charge is 0.124 e. The predicted molar refractivity (Wildman–Crippen MR) is 76.5 cm³/mol. The highest BCUT2D eigenvalue weighted by atomic mass is 79.9. The number of thiazole rings is 1. The van der Waals surface area contributed by atoms with E-state index >= 15 is 0 Å². The van der Waals surface area contributed by atoms with Gasteiger partial charge >= 0.3 is 0 Å². The fourth-order valence-corrected chi connectivity index (χ4v) is 2.98. The molecule has 1 heterocycles. The van der Waals surface area contributed by atoms with Crippen LogP contribution in [-0.2, 0) is 6.42 Å². The molecule has 0 saturated heterocycles. The van der Waals surface area contributed by atoms with Gasteiger partial charge in [-0.1, -0.05) is 15.9 Å². The van der Waals surface area contributed by atoms with E-state index in [2.05, 4.69) is 26.2 Å². The maximum Gasteiger partial charge on any atom is 0.124 e. The topological polar surface area (TPSA) is 24.9 Å². The van der Waals surface area contributed by atoms with Crippen molar-refractivity contribution in [2.24, 2.45) is 0 Å². The Kier molecular flexibility index (Phi) is 4.48. The molecule has 0 radical (unpaired) electrons. The first kappa shape index (κ1) is 13.6. The summed E-state index contributed by atoms with van der Waals surface area (Å²) in [5.41, 5.74) is 1.97. The lowest BCUT2D eigenvalue weighted by molar-refractivity contribution is 0.572. The number of halogens is 2. The zero-order valence-corrected chi connectivity index (χ0v) is 12.6. The van der Waals surface area contributed by atoms with Crippen LogP contribution >= 0.6 is 27.3 Å². The quantitative estimate of drug-likeness (QED) is 0.921. The maximum atomic E-state index is 13.4. The standard InChI is InChI=1S/C13H14BrFN2S/c1-8-17-12(7-18-8)6-13(16-2)9-3-10(14)5-11(15)4-9/h3-5,7,13,16H,6H2,1-2H3. The molecule has 0 aliphatic carbocycles. The number of benzene rings is 1. The van der Waals surface area contributed by atoms with Crippen LogP contribution in [0.5, 0.6) is 0 Å². The van der Waals surface area contributed by atoms with E-state index in [1.165, 1.54) is 6.07 Å². The highest BCUT2D eigenvalue weighted by molar-refractivity contribution is 9.10. The zero-order valence-electron chi connectivity index (χ0n) is 10.2. The fourth-order valence-electron chi connectivity index (χ4n) is 1.87. The molecule has 1 N–H and O–H groups in total. The van der Waals surface area contributed by atoms with Crippen LogP contribution in [0.3, 0.4) is 0 Å². The second-order valence-electron chi connectivity index (χ2n) is 4.11. The highest BCUT2D eigenvalue weighted by Crippen LogP contribution is 2.23. The molecule has 96 valence electrons. The summed E-state index contributed by atoms with van der Waals surface area (Å²) in [5.74, 6) is -0.228. The van der Waals surface area contributed by atoms with Crippen molar-refractivity contribution in [3.05, 3.63) is 50.1 Å². The summed E-state index contributed by atoms with van der Waals surface area (Å²) >= 11 is 4.95. The Morgan fingerprint density at radius 2 is 2.22 bits per heavy atom. The molecule has 1 aromatic carbocycles. The average molecular weight is 329 g/mol. The lowest BCUT2D eigenvalue weighted by atomic mass is 10.0. The van der Waals surface area contributed by atoms with Gasteiger partial charge in [0.05, 0.1) is 10.7 Å². The van der Waals surface area contributed by atoms with Crippen molar-refractivity contribution in [1.29, 1.82) is 0 Å². The number of rotatable bonds is 4. The highest BCUT2D eigenvalue weighted by Gasteiger charge is 2.13. The Labute approximate surface area is 118 Å². The van der Waals surface area contributed by atoms with E-state index in [0.717, 1.165) is 27.2 Å². The minimum atomic E-state index is -0.228. The molecule has 0 amide bonds. The number of likely N-dealkylation sites (N-methyl/N-ethyl adjacent to an activating group) is 1. The predicted octanol–water partition coefficient (Wildman–Crippen LogP) is 3.86. The van der Waals surface area contributed by atoms with Crippen LogP contribution in [0.4, 0.5) is 4.39 Å². The molecule has 2 rings (SSSR count). The Morgan fingerprint density at radius 3 is 2.78 bits per heavy atom. The van der Waals surface area contributed by atoms with Crippen LogP contribution in [-0.4, -0.2) is 12.0 Å². The number of hydrogen-bond acceptors (Lipinski definition) is 3. The van der Waals surface area contributed by atoms with E-state index in [1.807, 2.05) is 25.4 Å². The van der Waals surface area contributed by atoms with Crippen LogP contribution in [0.25, 0.3) is 0 Å². The van der Waals surface area contributed by atoms with Gasteiger partial charge in [-0.05, 0) is 37.7 Å². The molecule has 2 nitrogen and oxygen atoms in total. The van der Waals surface area contributed by atoms with Crippen molar-refractivity contribution in [2.75, 3.05) is 7.05 Å². The van der Waals surface area contributed by atoms with Gasteiger partial charge in [-0.2, -0.15) is 0 Å². The summed E-state index contributed by atoms with van der Waals surface area (Å²) < 4.78 is 14.2. The lowest BCUT2D eigenvalue weighted by Crippen LogP contribution is -2.19. The Hall–Kier alpha value is -0.780. The van der Waals surface area contributed by atoms with E-state index < -0.39 is 0 Å². The zero-order chi connectivity index (χ0) is 13.1. The molecule has 0 spiro atoms. The lowest BCUT2D eigenvalue weighted by Gasteiger charge is -2.16. The third-order valence-corrected chi connectivity index (χ3v) is 4.00. The molecule has 5 heteroatoms. The van der Waals surface area contributed by atoms with Crippen molar-refractivity contribution in [1.82, 2.24) is 10.3 Å². The molecule has 0 aliphatic rings. The van der Waals surface area contributed by atoms with Crippen molar-refractivity contribution < 1.29 is 4.39 Å². The van der Waals surface area contributed by atoms with Gasteiger partial charge in [-0.15, -0.1) is 11.3 Å². The molecule has 2 aromatic rings. The summed E-state index contributed by atoms with van der Waals surface area (Å²) in [7, 11) is 1.88. The summed E-state index contributed by atoms with van der Waals surface area (Å²) in [6.07, 6.45) is 0.761. The molecule has 0 saturated carbocycles. The molecule has 1 atom stereocenters. The monoisotopic (exact) mass is 328 g/mol. The van der Waals surface area contributed by atoms with Crippen molar-refractivity contribution in [2.45, 2.75) is 19.4 Å². The van der Waals surface area contributed by atoms with E-state index in [1.54, 1.807) is 17.4 Å². The SMILES string of the molecule is CNC(Cc1csc(C)n1)c1cc(F)cc(Br)c1. The molecular weight excluding hydrogens is 315 g/mol. The van der Waals surface area contributed by atoms with Gasteiger partial charge in [0.15, 0.2) is 0 Å². The molecule has 18 heavy (non-hydrogen) atoms. The van der Waals surface area contributed by atoms with E-state index in [4.69, 9.17) is 0 Å². The number of aromatic nitrogens is 1. The van der Waals surface area contributed by atoms with Crippen LogP contribution in [0.2, 0.25) is 0 Å².